The van der Waals surface area contributed by atoms with Crippen LogP contribution in [0, 0.1) is 0 Å². The van der Waals surface area contributed by atoms with Crippen LogP contribution in [-0.2, 0) is 16.6 Å². The Hall–Kier alpha value is -0.160. The largest absolute Gasteiger partial charge is 0.402 e. The number of hydrogen-bond acceptors (Lipinski definition) is 4. The van der Waals surface area contributed by atoms with E-state index in [4.69, 9.17) is 0 Å². The van der Waals surface area contributed by atoms with Gasteiger partial charge in [0.25, 0.3) is 0 Å². The lowest BCUT2D eigenvalue weighted by Gasteiger charge is -2.18. The minimum absolute atomic E-state index is 0.119. The van der Waals surface area contributed by atoms with E-state index < -0.39 is 22.7 Å². The minimum Gasteiger partial charge on any atom is -0.309 e. The second-order valence-electron chi connectivity index (χ2n) is 4.88. The summed E-state index contributed by atoms with van der Waals surface area (Å²) in [6, 6.07) is 1.89. The van der Waals surface area contributed by atoms with Gasteiger partial charge >= 0.3 is 6.18 Å². The average molecular weight is 407 g/mol. The van der Waals surface area contributed by atoms with Crippen molar-refractivity contribution in [3.8, 4) is 0 Å². The molecule has 0 aromatic carbocycles. The summed E-state index contributed by atoms with van der Waals surface area (Å²) in [5, 5.41) is 3.23. The first kappa shape index (κ1) is 17.2. The van der Waals surface area contributed by atoms with Crippen molar-refractivity contribution in [2.75, 3.05) is 13.6 Å². The Labute approximate surface area is 133 Å². The van der Waals surface area contributed by atoms with Crippen molar-refractivity contribution in [3.05, 3.63) is 14.7 Å². The lowest BCUT2D eigenvalue weighted by Crippen LogP contribution is -2.35. The van der Waals surface area contributed by atoms with Crippen LogP contribution >= 0.6 is 27.3 Å². The molecular formula is C11H14BrF3N2O2S2. The van der Waals surface area contributed by atoms with Gasteiger partial charge in [-0.2, -0.15) is 17.5 Å². The van der Waals surface area contributed by atoms with Crippen LogP contribution < -0.4 is 5.32 Å². The highest BCUT2D eigenvalue weighted by molar-refractivity contribution is 9.11. The van der Waals surface area contributed by atoms with Gasteiger partial charge in [0.05, 0.1) is 3.79 Å². The van der Waals surface area contributed by atoms with E-state index >= 15 is 0 Å². The Morgan fingerprint density at radius 1 is 1.48 bits per heavy atom. The van der Waals surface area contributed by atoms with Crippen molar-refractivity contribution in [2.24, 2.45) is 0 Å². The summed E-state index contributed by atoms with van der Waals surface area (Å²) in [7, 11) is -3.23. The maximum Gasteiger partial charge on any atom is 0.402 e. The molecule has 120 valence electrons. The van der Waals surface area contributed by atoms with E-state index in [-0.39, 0.29) is 4.90 Å². The van der Waals surface area contributed by atoms with Crippen molar-refractivity contribution >= 4 is 37.3 Å². The Kier molecular flexibility index (Phi) is 5.04. The molecule has 0 spiro atoms. The van der Waals surface area contributed by atoms with Crippen LogP contribution in [0.5, 0.6) is 0 Å². The molecule has 1 aliphatic carbocycles. The van der Waals surface area contributed by atoms with E-state index in [2.05, 4.69) is 21.2 Å². The van der Waals surface area contributed by atoms with Gasteiger partial charge in [-0.25, -0.2) is 8.42 Å². The molecule has 0 radical (unpaired) electrons. The maximum atomic E-state index is 12.3. The number of thiophene rings is 1. The van der Waals surface area contributed by atoms with Crippen molar-refractivity contribution in [1.82, 2.24) is 9.62 Å². The molecule has 2 rings (SSSR count). The Bertz CT molecular complexity index is 611. The molecule has 0 bridgehead atoms. The zero-order valence-corrected chi connectivity index (χ0v) is 14.3. The molecule has 0 aliphatic heterocycles. The summed E-state index contributed by atoms with van der Waals surface area (Å²) >= 11 is 4.34. The first-order valence-electron chi connectivity index (χ1n) is 6.14. The molecule has 0 saturated heterocycles. The van der Waals surface area contributed by atoms with Crippen molar-refractivity contribution in [2.45, 2.75) is 36.5 Å². The topological polar surface area (TPSA) is 49.4 Å². The highest BCUT2D eigenvalue weighted by Crippen LogP contribution is 2.34. The van der Waals surface area contributed by atoms with E-state index in [1.54, 1.807) is 0 Å². The molecule has 1 aromatic heterocycles. The standard InChI is InChI=1S/C11H14BrF3N2O2S2/c1-17(6-11(13,14)15)21(18,19)9-4-8(20-10(9)12)5-16-7-2-3-7/h4,7,16H,2-3,5-6H2,1H3. The molecule has 21 heavy (non-hydrogen) atoms. The van der Waals surface area contributed by atoms with Crippen LogP contribution in [0.4, 0.5) is 13.2 Å². The summed E-state index contributed by atoms with van der Waals surface area (Å²) in [4.78, 5) is 0.652. The maximum absolute atomic E-state index is 12.3. The SMILES string of the molecule is CN(CC(F)(F)F)S(=O)(=O)c1cc(CNC2CC2)sc1Br. The fourth-order valence-electron chi connectivity index (χ4n) is 1.70. The summed E-state index contributed by atoms with van der Waals surface area (Å²) in [6.07, 6.45) is -2.36. The summed E-state index contributed by atoms with van der Waals surface area (Å²) in [5.41, 5.74) is 0. The van der Waals surface area contributed by atoms with Crippen molar-refractivity contribution in [1.29, 1.82) is 0 Å². The van der Waals surface area contributed by atoms with E-state index in [9.17, 15) is 21.6 Å². The Morgan fingerprint density at radius 2 is 2.10 bits per heavy atom. The quantitative estimate of drug-likeness (QED) is 0.789. The number of hydrogen-bond donors (Lipinski definition) is 1. The molecule has 10 heteroatoms. The van der Waals surface area contributed by atoms with E-state index in [0.717, 1.165) is 24.8 Å². The summed E-state index contributed by atoms with van der Waals surface area (Å²) in [6.45, 7) is -0.986. The number of nitrogens with one attached hydrogen (secondary N) is 1. The van der Waals surface area contributed by atoms with Gasteiger partial charge in [-0.3, -0.25) is 0 Å². The van der Waals surface area contributed by atoms with Crippen LogP contribution in [0.25, 0.3) is 0 Å². The van der Waals surface area contributed by atoms with Gasteiger partial charge in [-0.15, -0.1) is 11.3 Å². The molecule has 0 atom stereocenters. The monoisotopic (exact) mass is 406 g/mol. The third-order valence-corrected chi connectivity index (χ3v) is 6.99. The molecule has 4 nitrogen and oxygen atoms in total. The van der Waals surface area contributed by atoms with Gasteiger partial charge in [-0.1, -0.05) is 0 Å². The first-order chi connectivity index (χ1) is 9.59. The molecule has 1 fully saturated rings. The second kappa shape index (κ2) is 6.15. The predicted molar refractivity (Wildman–Crippen MR) is 77.8 cm³/mol. The van der Waals surface area contributed by atoms with Crippen LogP contribution in [0.3, 0.4) is 0 Å². The van der Waals surface area contributed by atoms with Crippen molar-refractivity contribution < 1.29 is 21.6 Å². The highest BCUT2D eigenvalue weighted by Gasteiger charge is 2.36. The molecule has 0 unspecified atom stereocenters. The summed E-state index contributed by atoms with van der Waals surface area (Å²) in [5.74, 6) is 0. The number of nitrogens with zero attached hydrogens (tertiary/aromatic N) is 1. The predicted octanol–water partition coefficient (Wildman–Crippen LogP) is 2.95. The minimum atomic E-state index is -4.57. The Balaban J connectivity index is 2.14. The normalized spacial score (nSPS) is 16.7. The van der Waals surface area contributed by atoms with Crippen molar-refractivity contribution in [3.63, 3.8) is 0 Å². The zero-order valence-electron chi connectivity index (χ0n) is 11.1. The smallest absolute Gasteiger partial charge is 0.309 e. The van der Waals surface area contributed by atoms with Crippen LogP contribution in [0.2, 0.25) is 0 Å². The molecule has 1 aromatic rings. The first-order valence-corrected chi connectivity index (χ1v) is 9.19. The van der Waals surface area contributed by atoms with E-state index in [1.165, 1.54) is 17.4 Å². The van der Waals surface area contributed by atoms with Crippen LogP contribution in [0.15, 0.2) is 14.7 Å². The fraction of sp³-hybridized carbons (Fsp3) is 0.636. The lowest BCUT2D eigenvalue weighted by molar-refractivity contribution is -0.134. The molecule has 1 saturated carbocycles. The molecular weight excluding hydrogens is 393 g/mol. The third kappa shape index (κ3) is 4.65. The second-order valence-corrected chi connectivity index (χ2v) is 9.35. The fourth-order valence-corrected chi connectivity index (χ4v) is 5.43. The third-order valence-electron chi connectivity index (χ3n) is 2.94. The van der Waals surface area contributed by atoms with Crippen LogP contribution in [-0.4, -0.2) is 38.5 Å². The van der Waals surface area contributed by atoms with Gasteiger partial charge in [0.2, 0.25) is 10.0 Å². The molecule has 1 aliphatic rings. The van der Waals surface area contributed by atoms with Gasteiger partial charge in [-0.05, 0) is 34.8 Å². The number of sulfonamides is 1. The summed E-state index contributed by atoms with van der Waals surface area (Å²) < 4.78 is 62.0. The molecule has 1 N–H and O–H groups in total. The number of rotatable bonds is 6. The molecule has 0 amide bonds. The lowest BCUT2D eigenvalue weighted by atomic mass is 10.4. The van der Waals surface area contributed by atoms with Gasteiger partial charge in [0, 0.05) is 24.5 Å². The zero-order chi connectivity index (χ0) is 15.8. The molecule has 1 heterocycles. The average Bonchev–Trinajstić information content (AvgIpc) is 3.07. The Morgan fingerprint density at radius 3 is 2.62 bits per heavy atom. The van der Waals surface area contributed by atoms with E-state index in [1.807, 2.05) is 0 Å². The van der Waals surface area contributed by atoms with Gasteiger partial charge in [0.15, 0.2) is 0 Å². The van der Waals surface area contributed by atoms with E-state index in [0.29, 0.717) is 20.7 Å². The number of alkyl halides is 3. The number of halogens is 4. The van der Waals surface area contributed by atoms with Gasteiger partial charge < -0.3 is 5.32 Å². The van der Waals surface area contributed by atoms with Crippen LogP contribution in [0.1, 0.15) is 17.7 Å². The van der Waals surface area contributed by atoms with Gasteiger partial charge in [0.1, 0.15) is 11.4 Å². The highest BCUT2D eigenvalue weighted by atomic mass is 79.9.